The molecule has 0 saturated carbocycles. The summed E-state index contributed by atoms with van der Waals surface area (Å²) < 4.78 is 21.2. The molecule has 2 heterocycles. The predicted octanol–water partition coefficient (Wildman–Crippen LogP) is 5.78. The molecule has 0 saturated heterocycles. The maximum atomic E-state index is 14.2. The number of aromatic amines is 1. The van der Waals surface area contributed by atoms with Gasteiger partial charge in [-0.2, -0.15) is 5.10 Å². The SMILES string of the molecule is COc1cccc(Cn2c(=O)c(CN(C)[C@H](C)c3cc(-c4ccccc4)n[nH]3)cc3ccc(F)cc32)c1. The van der Waals surface area contributed by atoms with E-state index in [-0.39, 0.29) is 17.4 Å². The molecule has 3 aromatic carbocycles. The van der Waals surface area contributed by atoms with Crippen molar-refractivity contribution in [2.24, 2.45) is 0 Å². The number of ether oxygens (including phenoxy) is 1. The minimum atomic E-state index is -0.377. The lowest BCUT2D eigenvalue weighted by molar-refractivity contribution is 0.247. The first-order valence-electron chi connectivity index (χ1n) is 12.2. The van der Waals surface area contributed by atoms with Gasteiger partial charge in [0.2, 0.25) is 0 Å². The van der Waals surface area contributed by atoms with Gasteiger partial charge in [-0.3, -0.25) is 14.8 Å². The molecule has 0 amide bonds. The largest absolute Gasteiger partial charge is 0.497 e. The van der Waals surface area contributed by atoms with E-state index in [1.807, 2.05) is 73.8 Å². The number of hydrogen-bond acceptors (Lipinski definition) is 4. The normalized spacial score (nSPS) is 12.2. The number of methoxy groups -OCH3 is 1. The maximum Gasteiger partial charge on any atom is 0.255 e. The molecule has 1 N–H and O–H groups in total. The number of aromatic nitrogens is 3. The smallest absolute Gasteiger partial charge is 0.255 e. The summed E-state index contributed by atoms with van der Waals surface area (Å²) in [5, 5.41) is 8.44. The summed E-state index contributed by atoms with van der Waals surface area (Å²) >= 11 is 0. The minimum absolute atomic E-state index is 0.0138. The Balaban J connectivity index is 1.46. The fourth-order valence-corrected chi connectivity index (χ4v) is 4.58. The van der Waals surface area contributed by atoms with E-state index in [0.29, 0.717) is 29.9 Å². The van der Waals surface area contributed by atoms with Crippen LogP contribution in [0.15, 0.2) is 89.7 Å². The third-order valence-electron chi connectivity index (χ3n) is 6.81. The van der Waals surface area contributed by atoms with Crippen LogP contribution in [-0.4, -0.2) is 33.8 Å². The molecule has 0 aliphatic rings. The van der Waals surface area contributed by atoms with Crippen molar-refractivity contribution in [3.63, 3.8) is 0 Å². The van der Waals surface area contributed by atoms with Gasteiger partial charge in [0, 0.05) is 23.7 Å². The Morgan fingerprint density at radius 1 is 1.03 bits per heavy atom. The van der Waals surface area contributed by atoms with Crippen molar-refractivity contribution >= 4 is 10.9 Å². The van der Waals surface area contributed by atoms with Gasteiger partial charge >= 0.3 is 0 Å². The minimum Gasteiger partial charge on any atom is -0.497 e. The molecule has 0 bridgehead atoms. The lowest BCUT2D eigenvalue weighted by Crippen LogP contribution is -2.30. The average molecular weight is 497 g/mol. The Labute approximate surface area is 215 Å². The van der Waals surface area contributed by atoms with Crippen molar-refractivity contribution in [3.05, 3.63) is 118 Å². The Hall–Kier alpha value is -4.23. The number of nitrogens with one attached hydrogen (secondary N) is 1. The van der Waals surface area contributed by atoms with Gasteiger partial charge in [-0.25, -0.2) is 4.39 Å². The van der Waals surface area contributed by atoms with E-state index in [1.54, 1.807) is 17.7 Å². The van der Waals surface area contributed by atoms with Crippen LogP contribution in [0.5, 0.6) is 5.75 Å². The van der Waals surface area contributed by atoms with Gasteiger partial charge in [-0.15, -0.1) is 0 Å². The van der Waals surface area contributed by atoms with Crippen LogP contribution in [0, 0.1) is 5.82 Å². The summed E-state index contributed by atoms with van der Waals surface area (Å²) in [7, 11) is 3.59. The molecular weight excluding hydrogens is 467 g/mol. The zero-order valence-corrected chi connectivity index (χ0v) is 21.1. The van der Waals surface area contributed by atoms with Gasteiger partial charge in [-0.1, -0.05) is 42.5 Å². The first-order valence-corrected chi connectivity index (χ1v) is 12.2. The van der Waals surface area contributed by atoms with Gasteiger partial charge in [0.05, 0.1) is 30.6 Å². The number of hydrogen-bond donors (Lipinski definition) is 1. The number of benzene rings is 3. The van der Waals surface area contributed by atoms with E-state index in [9.17, 15) is 9.18 Å². The number of rotatable bonds is 8. The zero-order chi connectivity index (χ0) is 25.9. The predicted molar refractivity (Wildman–Crippen MR) is 144 cm³/mol. The summed E-state index contributed by atoms with van der Waals surface area (Å²) in [6.07, 6.45) is 0. The van der Waals surface area contributed by atoms with Crippen molar-refractivity contribution in [1.82, 2.24) is 19.7 Å². The topological polar surface area (TPSA) is 63.1 Å². The summed E-state index contributed by atoms with van der Waals surface area (Å²) in [5.74, 6) is 0.332. The molecule has 37 heavy (non-hydrogen) atoms. The van der Waals surface area contributed by atoms with Crippen LogP contribution in [-0.2, 0) is 13.1 Å². The molecule has 1 atom stereocenters. The third kappa shape index (κ3) is 5.17. The Kier molecular flexibility index (Phi) is 6.88. The molecule has 7 heteroatoms. The highest BCUT2D eigenvalue weighted by atomic mass is 19.1. The number of H-pyrrole nitrogens is 1. The Morgan fingerprint density at radius 3 is 2.62 bits per heavy atom. The highest BCUT2D eigenvalue weighted by Gasteiger charge is 2.18. The van der Waals surface area contributed by atoms with Crippen LogP contribution < -0.4 is 10.3 Å². The van der Waals surface area contributed by atoms with Crippen LogP contribution in [0.25, 0.3) is 22.2 Å². The molecule has 5 aromatic rings. The van der Waals surface area contributed by atoms with Crippen LogP contribution in [0.1, 0.15) is 29.8 Å². The van der Waals surface area contributed by atoms with E-state index in [2.05, 4.69) is 22.0 Å². The zero-order valence-electron chi connectivity index (χ0n) is 21.1. The molecule has 0 radical (unpaired) electrons. The van der Waals surface area contributed by atoms with E-state index in [1.165, 1.54) is 12.1 Å². The van der Waals surface area contributed by atoms with Gasteiger partial charge < -0.3 is 9.30 Å². The summed E-state index contributed by atoms with van der Waals surface area (Å²) in [6, 6.07) is 26.0. The number of halogens is 1. The van der Waals surface area contributed by atoms with E-state index >= 15 is 0 Å². The second kappa shape index (κ2) is 10.4. The summed E-state index contributed by atoms with van der Waals surface area (Å²) in [6.45, 7) is 2.81. The molecule has 0 unspecified atom stereocenters. The Bertz CT molecular complexity index is 1590. The van der Waals surface area contributed by atoms with Crippen molar-refractivity contribution in [2.75, 3.05) is 14.2 Å². The van der Waals surface area contributed by atoms with Gasteiger partial charge in [0.1, 0.15) is 11.6 Å². The number of pyridine rings is 1. The van der Waals surface area contributed by atoms with Crippen molar-refractivity contribution in [3.8, 4) is 17.0 Å². The van der Waals surface area contributed by atoms with Crippen LogP contribution in [0.2, 0.25) is 0 Å². The van der Waals surface area contributed by atoms with E-state index in [4.69, 9.17) is 4.74 Å². The lowest BCUT2D eigenvalue weighted by atomic mass is 10.1. The molecular formula is C30H29FN4O2. The molecule has 2 aromatic heterocycles. The molecule has 188 valence electrons. The molecule has 0 spiro atoms. The first kappa shape index (κ1) is 24.5. The van der Waals surface area contributed by atoms with Crippen LogP contribution in [0.4, 0.5) is 4.39 Å². The average Bonchev–Trinajstić information content (AvgIpc) is 3.42. The Morgan fingerprint density at radius 2 is 1.84 bits per heavy atom. The first-order chi connectivity index (χ1) is 17.9. The highest BCUT2D eigenvalue weighted by molar-refractivity contribution is 5.80. The molecule has 0 aliphatic carbocycles. The van der Waals surface area contributed by atoms with E-state index in [0.717, 1.165) is 27.9 Å². The third-order valence-corrected chi connectivity index (χ3v) is 6.81. The monoisotopic (exact) mass is 496 g/mol. The van der Waals surface area contributed by atoms with Crippen LogP contribution >= 0.6 is 0 Å². The van der Waals surface area contributed by atoms with Gasteiger partial charge in [0.15, 0.2) is 0 Å². The standard InChI is InChI=1S/C30H29FN4O2/c1-20(27-17-28(33-32-27)22-9-5-4-6-10-22)34(2)19-24-15-23-12-13-25(31)16-29(23)35(30(24)36)18-21-8-7-11-26(14-21)37-3/h4-17,20H,18-19H2,1-3H3,(H,32,33)/t20-/m1/s1. The maximum absolute atomic E-state index is 14.2. The van der Waals surface area contributed by atoms with Gasteiger partial charge in [0.25, 0.3) is 5.56 Å². The van der Waals surface area contributed by atoms with Crippen molar-refractivity contribution < 1.29 is 9.13 Å². The molecule has 0 aliphatic heterocycles. The second-order valence-corrected chi connectivity index (χ2v) is 9.28. The fraction of sp³-hybridized carbons (Fsp3) is 0.200. The lowest BCUT2D eigenvalue weighted by Gasteiger charge is -2.24. The molecule has 5 rings (SSSR count). The number of nitrogens with zero attached hydrogens (tertiary/aromatic N) is 3. The highest BCUT2D eigenvalue weighted by Crippen LogP contribution is 2.25. The van der Waals surface area contributed by atoms with Crippen molar-refractivity contribution in [2.45, 2.75) is 26.1 Å². The summed E-state index contributed by atoms with van der Waals surface area (Å²) in [5.41, 5.74) is 4.84. The van der Waals surface area contributed by atoms with Crippen LogP contribution in [0.3, 0.4) is 0 Å². The molecule has 6 nitrogen and oxygen atoms in total. The fourth-order valence-electron chi connectivity index (χ4n) is 4.58. The second-order valence-electron chi connectivity index (χ2n) is 9.28. The number of fused-ring (bicyclic) bond motifs is 1. The van der Waals surface area contributed by atoms with Crippen molar-refractivity contribution in [1.29, 1.82) is 0 Å². The van der Waals surface area contributed by atoms with Gasteiger partial charge in [-0.05, 0) is 67.4 Å². The van der Waals surface area contributed by atoms with E-state index < -0.39 is 0 Å². The summed E-state index contributed by atoms with van der Waals surface area (Å²) in [4.78, 5) is 15.8. The quantitative estimate of drug-likeness (QED) is 0.296. The molecule has 0 fully saturated rings.